The van der Waals surface area contributed by atoms with Gasteiger partial charge in [0.15, 0.2) is 5.76 Å². The third kappa shape index (κ3) is 3.75. The van der Waals surface area contributed by atoms with Crippen molar-refractivity contribution >= 4 is 5.91 Å². The quantitative estimate of drug-likeness (QED) is 0.918. The summed E-state index contributed by atoms with van der Waals surface area (Å²) in [7, 11) is 0. The summed E-state index contributed by atoms with van der Waals surface area (Å²) in [5.41, 5.74) is 1.20. The van der Waals surface area contributed by atoms with Gasteiger partial charge in [-0.3, -0.25) is 9.69 Å². The molecule has 1 unspecified atom stereocenters. The monoisotopic (exact) mass is 300 g/mol. The van der Waals surface area contributed by atoms with Crippen molar-refractivity contribution in [1.82, 2.24) is 10.2 Å². The highest BCUT2D eigenvalue weighted by atomic mass is 16.5. The molecule has 1 aliphatic heterocycles. The number of benzene rings is 1. The zero-order chi connectivity index (χ0) is 15.2. The van der Waals surface area contributed by atoms with Gasteiger partial charge in [0.1, 0.15) is 0 Å². The molecule has 1 aromatic carbocycles. The number of amides is 1. The molecule has 0 bridgehead atoms. The number of carbonyl (C=O) groups is 1. The Hall–Kier alpha value is -2.11. The van der Waals surface area contributed by atoms with E-state index in [9.17, 15) is 4.79 Å². The van der Waals surface area contributed by atoms with Crippen LogP contribution in [0, 0.1) is 0 Å². The number of nitrogens with one attached hydrogen (secondary N) is 1. The Balaban J connectivity index is 1.46. The molecule has 0 spiro atoms. The van der Waals surface area contributed by atoms with E-state index in [0.717, 1.165) is 19.6 Å². The lowest BCUT2D eigenvalue weighted by molar-refractivity contribution is -0.0293. The minimum Gasteiger partial charge on any atom is -0.459 e. The van der Waals surface area contributed by atoms with Crippen LogP contribution in [0.4, 0.5) is 0 Å². The van der Waals surface area contributed by atoms with Gasteiger partial charge in [0.05, 0.1) is 19.0 Å². The largest absolute Gasteiger partial charge is 0.459 e. The van der Waals surface area contributed by atoms with Gasteiger partial charge in [-0.25, -0.2) is 0 Å². The third-order valence-corrected chi connectivity index (χ3v) is 3.78. The maximum atomic E-state index is 11.8. The molecule has 0 aliphatic carbocycles. The summed E-state index contributed by atoms with van der Waals surface area (Å²) in [5, 5.41) is 2.87. The Morgan fingerprint density at radius 2 is 2.09 bits per heavy atom. The van der Waals surface area contributed by atoms with Gasteiger partial charge in [0.2, 0.25) is 0 Å². The van der Waals surface area contributed by atoms with Crippen molar-refractivity contribution in [3.05, 3.63) is 60.1 Å². The van der Waals surface area contributed by atoms with Gasteiger partial charge >= 0.3 is 0 Å². The molecule has 22 heavy (non-hydrogen) atoms. The van der Waals surface area contributed by atoms with Crippen molar-refractivity contribution in [3.8, 4) is 0 Å². The number of hydrogen-bond donors (Lipinski definition) is 1. The fraction of sp³-hybridized carbons (Fsp3) is 0.353. The molecule has 1 amide bonds. The Morgan fingerprint density at radius 3 is 2.86 bits per heavy atom. The molecule has 5 nitrogen and oxygen atoms in total. The van der Waals surface area contributed by atoms with E-state index in [-0.39, 0.29) is 12.0 Å². The van der Waals surface area contributed by atoms with E-state index in [0.29, 0.717) is 18.9 Å². The lowest BCUT2D eigenvalue weighted by Gasteiger charge is -2.33. The van der Waals surface area contributed by atoms with Crippen LogP contribution in [0.2, 0.25) is 0 Å². The first-order chi connectivity index (χ1) is 10.8. The molecule has 1 saturated heterocycles. The second kappa shape index (κ2) is 7.24. The number of ether oxygens (including phenoxy) is 1. The molecule has 2 aromatic rings. The Kier molecular flexibility index (Phi) is 4.88. The van der Waals surface area contributed by atoms with Crippen molar-refractivity contribution in [2.45, 2.75) is 6.10 Å². The summed E-state index contributed by atoms with van der Waals surface area (Å²) in [6, 6.07) is 13.6. The highest BCUT2D eigenvalue weighted by Crippen LogP contribution is 2.21. The third-order valence-electron chi connectivity index (χ3n) is 3.78. The predicted octanol–water partition coefficient (Wildman–Crippen LogP) is 2.08. The van der Waals surface area contributed by atoms with Crippen LogP contribution in [0.1, 0.15) is 22.2 Å². The summed E-state index contributed by atoms with van der Waals surface area (Å²) in [5.74, 6) is 0.182. The lowest BCUT2D eigenvalue weighted by Crippen LogP contribution is -2.42. The lowest BCUT2D eigenvalue weighted by atomic mass is 10.1. The summed E-state index contributed by atoms with van der Waals surface area (Å²) in [4.78, 5) is 14.1. The van der Waals surface area contributed by atoms with E-state index in [2.05, 4.69) is 22.3 Å². The highest BCUT2D eigenvalue weighted by molar-refractivity contribution is 5.91. The zero-order valence-electron chi connectivity index (χ0n) is 12.4. The Morgan fingerprint density at radius 1 is 1.23 bits per heavy atom. The van der Waals surface area contributed by atoms with Crippen LogP contribution in [0.25, 0.3) is 0 Å². The van der Waals surface area contributed by atoms with Crippen molar-refractivity contribution in [3.63, 3.8) is 0 Å². The average Bonchev–Trinajstić information content (AvgIpc) is 3.10. The van der Waals surface area contributed by atoms with Crippen LogP contribution < -0.4 is 5.32 Å². The number of nitrogens with zero attached hydrogens (tertiary/aromatic N) is 1. The summed E-state index contributed by atoms with van der Waals surface area (Å²) < 4.78 is 10.9. The molecule has 116 valence electrons. The summed E-state index contributed by atoms with van der Waals surface area (Å²) >= 11 is 0. The number of carbonyl (C=O) groups excluding carboxylic acids is 1. The standard InChI is InChI=1S/C17H20N2O3/c20-17(15-7-4-11-21-15)18-8-9-19-10-12-22-16(13-19)14-5-2-1-3-6-14/h1-7,11,16H,8-10,12-13H2,(H,18,20). The summed E-state index contributed by atoms with van der Waals surface area (Å²) in [6.07, 6.45) is 1.61. The van der Waals surface area contributed by atoms with Crippen LogP contribution in [0.15, 0.2) is 53.1 Å². The van der Waals surface area contributed by atoms with E-state index >= 15 is 0 Å². The maximum absolute atomic E-state index is 11.8. The number of furan rings is 1. The van der Waals surface area contributed by atoms with Crippen molar-refractivity contribution < 1.29 is 13.9 Å². The zero-order valence-corrected chi connectivity index (χ0v) is 12.4. The first-order valence-electron chi connectivity index (χ1n) is 7.53. The second-order valence-corrected chi connectivity index (χ2v) is 5.30. The van der Waals surface area contributed by atoms with Gasteiger partial charge in [-0.2, -0.15) is 0 Å². The van der Waals surface area contributed by atoms with E-state index in [4.69, 9.17) is 9.15 Å². The van der Waals surface area contributed by atoms with Gasteiger partial charge in [-0.05, 0) is 17.7 Å². The molecule has 0 saturated carbocycles. The fourth-order valence-electron chi connectivity index (χ4n) is 2.60. The first-order valence-corrected chi connectivity index (χ1v) is 7.53. The molecule has 1 N–H and O–H groups in total. The van der Waals surface area contributed by atoms with E-state index < -0.39 is 0 Å². The molecule has 1 aromatic heterocycles. The minimum absolute atomic E-state index is 0.107. The topological polar surface area (TPSA) is 54.7 Å². The smallest absolute Gasteiger partial charge is 0.287 e. The number of morpholine rings is 1. The van der Waals surface area contributed by atoms with E-state index in [1.54, 1.807) is 12.1 Å². The van der Waals surface area contributed by atoms with Gasteiger partial charge in [-0.1, -0.05) is 30.3 Å². The SMILES string of the molecule is O=C(NCCN1CCOC(c2ccccc2)C1)c1ccco1. The highest BCUT2D eigenvalue weighted by Gasteiger charge is 2.21. The normalized spacial score (nSPS) is 19.0. The van der Waals surface area contributed by atoms with Crippen molar-refractivity contribution in [1.29, 1.82) is 0 Å². The van der Waals surface area contributed by atoms with Crippen LogP contribution in [0.5, 0.6) is 0 Å². The van der Waals surface area contributed by atoms with Gasteiger partial charge < -0.3 is 14.5 Å². The molecule has 1 fully saturated rings. The van der Waals surface area contributed by atoms with Gasteiger partial charge in [0, 0.05) is 26.2 Å². The van der Waals surface area contributed by atoms with Crippen LogP contribution in [-0.2, 0) is 4.74 Å². The summed E-state index contributed by atoms with van der Waals surface area (Å²) in [6.45, 7) is 3.85. The van der Waals surface area contributed by atoms with Gasteiger partial charge in [0.25, 0.3) is 5.91 Å². The Labute approximate surface area is 129 Å². The fourth-order valence-corrected chi connectivity index (χ4v) is 2.60. The maximum Gasteiger partial charge on any atom is 0.287 e. The van der Waals surface area contributed by atoms with Crippen LogP contribution >= 0.6 is 0 Å². The van der Waals surface area contributed by atoms with Crippen molar-refractivity contribution in [2.75, 3.05) is 32.8 Å². The van der Waals surface area contributed by atoms with Crippen molar-refractivity contribution in [2.24, 2.45) is 0 Å². The van der Waals surface area contributed by atoms with Crippen LogP contribution in [-0.4, -0.2) is 43.6 Å². The van der Waals surface area contributed by atoms with E-state index in [1.807, 2.05) is 18.2 Å². The Bertz CT molecular complexity index is 583. The number of hydrogen-bond acceptors (Lipinski definition) is 4. The molecule has 1 atom stereocenters. The van der Waals surface area contributed by atoms with Gasteiger partial charge in [-0.15, -0.1) is 0 Å². The van der Waals surface area contributed by atoms with E-state index in [1.165, 1.54) is 11.8 Å². The molecular weight excluding hydrogens is 280 g/mol. The second-order valence-electron chi connectivity index (χ2n) is 5.30. The minimum atomic E-state index is -0.169. The molecular formula is C17H20N2O3. The predicted molar refractivity (Wildman–Crippen MR) is 82.6 cm³/mol. The molecule has 0 radical (unpaired) electrons. The molecule has 1 aliphatic rings. The first kappa shape index (κ1) is 14.8. The molecule has 5 heteroatoms. The van der Waals surface area contributed by atoms with Crippen LogP contribution in [0.3, 0.4) is 0 Å². The molecule has 2 heterocycles. The molecule has 3 rings (SSSR count). The average molecular weight is 300 g/mol. The number of rotatable bonds is 5.